The molecule has 0 atom stereocenters. The number of ether oxygens (including phenoxy) is 4. The summed E-state index contributed by atoms with van der Waals surface area (Å²) in [5.41, 5.74) is -0.863. The number of hydrogen-bond acceptors (Lipinski definition) is 7. The van der Waals surface area contributed by atoms with Crippen molar-refractivity contribution in [2.24, 2.45) is 0 Å². The molecule has 31 heavy (non-hydrogen) atoms. The Morgan fingerprint density at radius 1 is 1.03 bits per heavy atom. The highest BCUT2D eigenvalue weighted by atomic mass is 19.4. The molecule has 1 aromatic heterocycles. The number of rotatable bonds is 9. The van der Waals surface area contributed by atoms with Crippen molar-refractivity contribution in [3.63, 3.8) is 0 Å². The van der Waals surface area contributed by atoms with Gasteiger partial charge in [-0.2, -0.15) is 13.2 Å². The third kappa shape index (κ3) is 8.03. The molecule has 0 N–H and O–H groups in total. The third-order valence-electron chi connectivity index (χ3n) is 3.86. The molecule has 0 spiro atoms. The summed E-state index contributed by atoms with van der Waals surface area (Å²) in [5, 5.41) is 0. The van der Waals surface area contributed by atoms with Gasteiger partial charge in [-0.25, -0.2) is 9.78 Å². The van der Waals surface area contributed by atoms with Gasteiger partial charge >= 0.3 is 18.2 Å². The number of pyridine rings is 1. The fourth-order valence-electron chi connectivity index (χ4n) is 2.20. The molecule has 0 unspecified atom stereocenters. The Morgan fingerprint density at radius 2 is 1.71 bits per heavy atom. The van der Waals surface area contributed by atoms with Crippen LogP contribution in [-0.2, 0) is 20.4 Å². The smallest absolute Gasteiger partial charge is 0.417 e. The first-order chi connectivity index (χ1) is 14.7. The number of likely N-dealkylation sites (N-methyl/N-ethyl adjacent to an activating group) is 1. The van der Waals surface area contributed by atoms with E-state index in [-0.39, 0.29) is 32.1 Å². The van der Waals surface area contributed by atoms with Crippen LogP contribution < -0.4 is 9.47 Å². The summed E-state index contributed by atoms with van der Waals surface area (Å²) in [6, 6.07) is 8.27. The van der Waals surface area contributed by atoms with Crippen molar-refractivity contribution in [3.05, 3.63) is 48.2 Å². The van der Waals surface area contributed by atoms with Gasteiger partial charge in [0.2, 0.25) is 5.88 Å². The summed E-state index contributed by atoms with van der Waals surface area (Å²) in [5.74, 6) is 0.355. The molecule has 0 aliphatic heterocycles. The lowest BCUT2D eigenvalue weighted by molar-refractivity contribution is -0.144. The maximum absolute atomic E-state index is 12.5. The highest BCUT2D eigenvalue weighted by molar-refractivity contribution is 5.69. The summed E-state index contributed by atoms with van der Waals surface area (Å²) in [6.07, 6.45) is -4.29. The maximum atomic E-state index is 12.5. The van der Waals surface area contributed by atoms with Crippen molar-refractivity contribution < 1.29 is 41.7 Å². The molecule has 0 saturated carbocycles. The van der Waals surface area contributed by atoms with Crippen LogP contribution in [0, 0.1) is 0 Å². The van der Waals surface area contributed by atoms with Gasteiger partial charge in [-0.15, -0.1) is 0 Å². The first-order valence-corrected chi connectivity index (χ1v) is 9.07. The monoisotopic (exact) mass is 442 g/mol. The van der Waals surface area contributed by atoms with E-state index in [1.165, 1.54) is 19.1 Å². The van der Waals surface area contributed by atoms with Crippen LogP contribution in [0.1, 0.15) is 12.0 Å². The zero-order valence-corrected chi connectivity index (χ0v) is 16.8. The second-order valence-corrected chi connectivity index (χ2v) is 6.17. The van der Waals surface area contributed by atoms with Crippen molar-refractivity contribution in [2.75, 3.05) is 33.9 Å². The molecule has 0 aliphatic carbocycles. The van der Waals surface area contributed by atoms with E-state index in [4.69, 9.17) is 14.2 Å². The SMILES string of the molecule is COC(=O)N(C)CCOC(=O)CCOc1ccc(Oc2ccc(C(F)(F)F)cn2)cc1. The first kappa shape index (κ1) is 23.8. The average molecular weight is 442 g/mol. The Bertz CT molecular complexity index is 857. The number of nitrogens with zero attached hydrogens (tertiary/aromatic N) is 2. The minimum atomic E-state index is -4.46. The van der Waals surface area contributed by atoms with Crippen molar-refractivity contribution in [3.8, 4) is 17.4 Å². The average Bonchev–Trinajstić information content (AvgIpc) is 2.74. The van der Waals surface area contributed by atoms with E-state index in [0.29, 0.717) is 17.7 Å². The number of benzene rings is 1. The van der Waals surface area contributed by atoms with E-state index < -0.39 is 23.8 Å². The normalized spacial score (nSPS) is 10.9. The maximum Gasteiger partial charge on any atom is 0.417 e. The second kappa shape index (κ2) is 11.0. The molecule has 11 heteroatoms. The highest BCUT2D eigenvalue weighted by Gasteiger charge is 2.30. The molecular formula is C20H21F3N2O6. The molecule has 0 bridgehead atoms. The van der Waals surface area contributed by atoms with Gasteiger partial charge in [-0.05, 0) is 30.3 Å². The molecule has 1 heterocycles. The first-order valence-electron chi connectivity index (χ1n) is 9.07. The lowest BCUT2D eigenvalue weighted by Crippen LogP contribution is -2.30. The molecule has 1 aromatic carbocycles. The minimum Gasteiger partial charge on any atom is -0.493 e. The summed E-state index contributed by atoms with van der Waals surface area (Å²) in [7, 11) is 2.77. The molecule has 168 valence electrons. The number of esters is 1. The third-order valence-corrected chi connectivity index (χ3v) is 3.86. The van der Waals surface area contributed by atoms with Crippen LogP contribution in [0.25, 0.3) is 0 Å². The number of carbonyl (C=O) groups excluding carboxylic acids is 2. The molecule has 1 amide bonds. The van der Waals surface area contributed by atoms with Gasteiger partial charge in [0, 0.05) is 19.3 Å². The van der Waals surface area contributed by atoms with Crippen LogP contribution in [0.4, 0.5) is 18.0 Å². The number of aromatic nitrogens is 1. The van der Waals surface area contributed by atoms with Crippen LogP contribution in [0.15, 0.2) is 42.6 Å². The Labute approximate surface area is 176 Å². The van der Waals surface area contributed by atoms with Crippen molar-refractivity contribution in [2.45, 2.75) is 12.6 Å². The zero-order valence-electron chi connectivity index (χ0n) is 16.8. The largest absolute Gasteiger partial charge is 0.493 e. The van der Waals surface area contributed by atoms with Gasteiger partial charge in [-0.3, -0.25) is 4.79 Å². The standard InChI is InChI=1S/C20H21F3N2O6/c1-25(19(27)28-2)10-12-30-18(26)9-11-29-15-4-6-16(7-5-15)31-17-8-3-14(13-24-17)20(21,22)23/h3-8,13H,9-12H2,1-2H3. The molecule has 2 rings (SSSR count). The molecule has 0 radical (unpaired) electrons. The van der Waals surface area contributed by atoms with E-state index in [1.807, 2.05) is 0 Å². The van der Waals surface area contributed by atoms with E-state index in [0.717, 1.165) is 12.1 Å². The number of hydrogen-bond donors (Lipinski definition) is 0. The molecular weight excluding hydrogens is 421 g/mol. The highest BCUT2D eigenvalue weighted by Crippen LogP contribution is 2.30. The second-order valence-electron chi connectivity index (χ2n) is 6.17. The number of halogens is 3. The number of amides is 1. The minimum absolute atomic E-state index is 0.00959. The van der Waals surface area contributed by atoms with Crippen LogP contribution in [0.3, 0.4) is 0 Å². The summed E-state index contributed by atoms with van der Waals surface area (Å²) in [4.78, 5) is 27.7. The van der Waals surface area contributed by atoms with Crippen molar-refractivity contribution in [1.29, 1.82) is 0 Å². The molecule has 0 saturated heterocycles. The van der Waals surface area contributed by atoms with Crippen LogP contribution in [0.5, 0.6) is 17.4 Å². The van der Waals surface area contributed by atoms with Gasteiger partial charge < -0.3 is 23.8 Å². The van der Waals surface area contributed by atoms with Gasteiger partial charge in [0.1, 0.15) is 18.1 Å². The van der Waals surface area contributed by atoms with E-state index in [2.05, 4.69) is 9.72 Å². The van der Waals surface area contributed by atoms with Crippen molar-refractivity contribution in [1.82, 2.24) is 9.88 Å². The van der Waals surface area contributed by atoms with Gasteiger partial charge in [-0.1, -0.05) is 0 Å². The lowest BCUT2D eigenvalue weighted by Gasteiger charge is -2.15. The number of carbonyl (C=O) groups is 2. The quantitative estimate of drug-likeness (QED) is 0.545. The lowest BCUT2D eigenvalue weighted by atomic mass is 10.3. The zero-order chi connectivity index (χ0) is 22.9. The Kier molecular flexibility index (Phi) is 8.47. The molecule has 0 fully saturated rings. The van der Waals surface area contributed by atoms with Crippen LogP contribution in [0.2, 0.25) is 0 Å². The predicted molar refractivity (Wildman–Crippen MR) is 102 cm³/mol. The van der Waals surface area contributed by atoms with Gasteiger partial charge in [0.25, 0.3) is 0 Å². The topological polar surface area (TPSA) is 87.2 Å². The van der Waals surface area contributed by atoms with E-state index in [9.17, 15) is 22.8 Å². The van der Waals surface area contributed by atoms with Crippen molar-refractivity contribution >= 4 is 12.1 Å². The van der Waals surface area contributed by atoms with Crippen LogP contribution in [-0.4, -0.2) is 55.9 Å². The Balaban J connectivity index is 1.71. The van der Waals surface area contributed by atoms with E-state index in [1.54, 1.807) is 24.3 Å². The van der Waals surface area contributed by atoms with Gasteiger partial charge in [0.05, 0.1) is 32.2 Å². The van der Waals surface area contributed by atoms with E-state index >= 15 is 0 Å². The number of methoxy groups -OCH3 is 1. The fourth-order valence-corrected chi connectivity index (χ4v) is 2.20. The Hall–Kier alpha value is -3.50. The molecule has 8 nitrogen and oxygen atoms in total. The summed E-state index contributed by atoms with van der Waals surface area (Å²) >= 11 is 0. The molecule has 0 aliphatic rings. The fraction of sp³-hybridized carbons (Fsp3) is 0.350. The van der Waals surface area contributed by atoms with Crippen LogP contribution >= 0.6 is 0 Å². The summed E-state index contributed by atoms with van der Waals surface area (Å²) < 4.78 is 57.9. The summed E-state index contributed by atoms with van der Waals surface area (Å²) in [6.45, 7) is 0.315. The Morgan fingerprint density at radius 3 is 2.29 bits per heavy atom. The molecule has 2 aromatic rings. The predicted octanol–water partition coefficient (Wildman–Crippen LogP) is 3.90. The van der Waals surface area contributed by atoms with Gasteiger partial charge in [0.15, 0.2) is 0 Å². The number of alkyl halides is 3.